The number of hydrogen-bond acceptors (Lipinski definition) is 4. The van der Waals surface area contributed by atoms with Crippen LogP contribution in [0.3, 0.4) is 0 Å². The average molecular weight is 328 g/mol. The number of carbonyl (C=O) groups excluding carboxylic acids is 1. The largest absolute Gasteiger partial charge is 0.382 e. The van der Waals surface area contributed by atoms with Gasteiger partial charge in [-0.2, -0.15) is 0 Å². The highest BCUT2D eigenvalue weighted by atomic mass is 32.2. The lowest BCUT2D eigenvalue weighted by Gasteiger charge is -2.27. The molecule has 1 unspecified atom stereocenters. The number of nitrogens with zero attached hydrogens (tertiary/aromatic N) is 1. The number of anilines is 1. The molecule has 1 heterocycles. The third-order valence-electron chi connectivity index (χ3n) is 3.84. The van der Waals surface area contributed by atoms with Gasteiger partial charge < -0.3 is 10.2 Å². The summed E-state index contributed by atoms with van der Waals surface area (Å²) in [6, 6.07) is 6.06. The highest BCUT2D eigenvalue weighted by Gasteiger charge is 2.33. The Kier molecular flexibility index (Phi) is 5.39. The minimum absolute atomic E-state index is 0.0489. The number of benzene rings is 1. The van der Waals surface area contributed by atoms with E-state index in [-0.39, 0.29) is 35.7 Å². The monoisotopic (exact) mass is 328 g/mol. The Bertz CT molecular complexity index is 633. The van der Waals surface area contributed by atoms with Crippen LogP contribution in [0.25, 0.3) is 0 Å². The van der Waals surface area contributed by atoms with Gasteiger partial charge in [0, 0.05) is 25.6 Å². The van der Waals surface area contributed by atoms with Crippen LogP contribution in [-0.4, -0.2) is 49.9 Å². The van der Waals surface area contributed by atoms with Gasteiger partial charge in [-0.25, -0.2) is 12.8 Å². The molecule has 5 nitrogen and oxygen atoms in total. The highest BCUT2D eigenvalue weighted by molar-refractivity contribution is 7.91. The third-order valence-corrected chi connectivity index (χ3v) is 5.59. The number of amides is 1. The third kappa shape index (κ3) is 4.19. The van der Waals surface area contributed by atoms with E-state index in [0.29, 0.717) is 25.2 Å². The van der Waals surface area contributed by atoms with Crippen molar-refractivity contribution in [1.82, 2.24) is 4.90 Å². The van der Waals surface area contributed by atoms with Gasteiger partial charge in [0.05, 0.1) is 17.2 Å². The normalized spacial score (nSPS) is 19.8. The minimum Gasteiger partial charge on any atom is -0.382 e. The molecule has 1 N–H and O–H groups in total. The maximum absolute atomic E-state index is 13.4. The summed E-state index contributed by atoms with van der Waals surface area (Å²) >= 11 is 0. The first-order chi connectivity index (χ1) is 10.4. The molecule has 0 aliphatic carbocycles. The van der Waals surface area contributed by atoms with E-state index in [4.69, 9.17) is 0 Å². The maximum Gasteiger partial charge on any atom is 0.224 e. The Balaban J connectivity index is 1.87. The molecule has 1 amide bonds. The van der Waals surface area contributed by atoms with E-state index in [1.165, 1.54) is 6.07 Å². The van der Waals surface area contributed by atoms with Crippen molar-refractivity contribution in [2.75, 3.05) is 29.9 Å². The molecule has 1 aliphatic rings. The number of nitrogens with one attached hydrogen (secondary N) is 1. The molecule has 2 rings (SSSR count). The molecule has 0 saturated carbocycles. The van der Waals surface area contributed by atoms with Gasteiger partial charge in [-0.15, -0.1) is 0 Å². The van der Waals surface area contributed by atoms with Gasteiger partial charge in [0.25, 0.3) is 0 Å². The van der Waals surface area contributed by atoms with Gasteiger partial charge in [-0.3, -0.25) is 4.79 Å². The summed E-state index contributed by atoms with van der Waals surface area (Å²) in [7, 11) is -3.01. The van der Waals surface area contributed by atoms with Gasteiger partial charge in [0.1, 0.15) is 5.82 Å². The average Bonchev–Trinajstić information content (AvgIpc) is 2.82. The summed E-state index contributed by atoms with van der Waals surface area (Å²) in [4.78, 5) is 13.9. The van der Waals surface area contributed by atoms with Crippen LogP contribution in [0, 0.1) is 5.82 Å². The fourth-order valence-electron chi connectivity index (χ4n) is 2.71. The number of rotatable bonds is 6. The van der Waals surface area contributed by atoms with Gasteiger partial charge >= 0.3 is 0 Å². The van der Waals surface area contributed by atoms with Crippen molar-refractivity contribution in [2.45, 2.75) is 25.8 Å². The number of halogens is 1. The van der Waals surface area contributed by atoms with Crippen molar-refractivity contribution < 1.29 is 17.6 Å². The van der Waals surface area contributed by atoms with Gasteiger partial charge in [0.2, 0.25) is 5.91 Å². The molecule has 0 spiro atoms. The van der Waals surface area contributed by atoms with E-state index < -0.39 is 9.84 Å². The molecule has 7 heteroatoms. The number of para-hydroxylation sites is 1. The molecule has 1 aromatic rings. The molecule has 1 fully saturated rings. The maximum atomic E-state index is 13.4. The van der Waals surface area contributed by atoms with Crippen molar-refractivity contribution in [3.63, 3.8) is 0 Å². The zero-order valence-corrected chi connectivity index (χ0v) is 13.4. The lowest BCUT2D eigenvalue weighted by Crippen LogP contribution is -2.41. The highest BCUT2D eigenvalue weighted by Crippen LogP contribution is 2.18. The molecular weight excluding hydrogens is 307 g/mol. The Morgan fingerprint density at radius 3 is 2.73 bits per heavy atom. The molecule has 0 radical (unpaired) electrons. The molecule has 1 aromatic carbocycles. The van der Waals surface area contributed by atoms with Crippen LogP contribution in [0.5, 0.6) is 0 Å². The van der Waals surface area contributed by atoms with Crippen LogP contribution in [0.15, 0.2) is 24.3 Å². The van der Waals surface area contributed by atoms with Gasteiger partial charge in [-0.05, 0) is 25.5 Å². The van der Waals surface area contributed by atoms with Crippen molar-refractivity contribution in [3.8, 4) is 0 Å². The summed E-state index contributed by atoms with van der Waals surface area (Å²) in [6.45, 7) is 2.64. The number of sulfone groups is 1. The van der Waals surface area contributed by atoms with Crippen molar-refractivity contribution >= 4 is 21.4 Å². The lowest BCUT2D eigenvalue weighted by molar-refractivity contribution is -0.132. The molecule has 1 atom stereocenters. The molecule has 122 valence electrons. The van der Waals surface area contributed by atoms with E-state index in [2.05, 4.69) is 5.32 Å². The summed E-state index contributed by atoms with van der Waals surface area (Å²) in [5.41, 5.74) is 0.363. The molecule has 1 saturated heterocycles. The van der Waals surface area contributed by atoms with E-state index in [1.54, 1.807) is 23.1 Å². The summed E-state index contributed by atoms with van der Waals surface area (Å²) in [5, 5.41) is 2.89. The van der Waals surface area contributed by atoms with E-state index in [0.717, 1.165) is 0 Å². The molecule has 0 bridgehead atoms. The first-order valence-electron chi connectivity index (χ1n) is 7.41. The summed E-state index contributed by atoms with van der Waals surface area (Å²) < 4.78 is 36.5. The van der Waals surface area contributed by atoms with E-state index >= 15 is 0 Å². The van der Waals surface area contributed by atoms with Crippen LogP contribution in [0.1, 0.15) is 19.8 Å². The van der Waals surface area contributed by atoms with Crippen LogP contribution >= 0.6 is 0 Å². The van der Waals surface area contributed by atoms with Crippen LogP contribution in [0.2, 0.25) is 0 Å². The Morgan fingerprint density at radius 2 is 2.14 bits per heavy atom. The molecule has 1 aliphatic heterocycles. The number of carbonyl (C=O) groups is 1. The summed E-state index contributed by atoms with van der Waals surface area (Å²) in [5.74, 6) is -0.264. The second-order valence-electron chi connectivity index (χ2n) is 5.39. The van der Waals surface area contributed by atoms with Crippen molar-refractivity contribution in [3.05, 3.63) is 30.1 Å². The van der Waals surface area contributed by atoms with Crippen LogP contribution < -0.4 is 5.32 Å². The predicted octanol–water partition coefficient (Wildman–Crippen LogP) is 1.66. The van der Waals surface area contributed by atoms with Crippen LogP contribution in [0.4, 0.5) is 10.1 Å². The zero-order chi connectivity index (χ0) is 16.2. The first-order valence-corrected chi connectivity index (χ1v) is 9.23. The van der Waals surface area contributed by atoms with E-state index in [9.17, 15) is 17.6 Å². The first kappa shape index (κ1) is 16.7. The zero-order valence-electron chi connectivity index (χ0n) is 12.6. The molecule has 0 aromatic heterocycles. The second kappa shape index (κ2) is 7.09. The minimum atomic E-state index is -3.01. The standard InChI is InChI=1S/C15H21FN2O3S/c1-2-18(12-8-10-22(20,21)11-12)15(19)7-9-17-14-6-4-3-5-13(14)16/h3-6,12,17H,2,7-11H2,1H3. The quantitative estimate of drug-likeness (QED) is 0.862. The topological polar surface area (TPSA) is 66.5 Å². The lowest BCUT2D eigenvalue weighted by atomic mass is 10.2. The Morgan fingerprint density at radius 1 is 1.41 bits per heavy atom. The number of hydrogen-bond donors (Lipinski definition) is 1. The van der Waals surface area contributed by atoms with Gasteiger partial charge in [-0.1, -0.05) is 12.1 Å². The van der Waals surface area contributed by atoms with E-state index in [1.807, 2.05) is 6.92 Å². The van der Waals surface area contributed by atoms with Crippen LogP contribution in [-0.2, 0) is 14.6 Å². The summed E-state index contributed by atoms with van der Waals surface area (Å²) in [6.07, 6.45) is 0.710. The van der Waals surface area contributed by atoms with Crippen molar-refractivity contribution in [1.29, 1.82) is 0 Å². The Hall–Kier alpha value is -1.63. The fraction of sp³-hybridized carbons (Fsp3) is 0.533. The Labute approximate surface area is 130 Å². The van der Waals surface area contributed by atoms with Gasteiger partial charge in [0.15, 0.2) is 9.84 Å². The second-order valence-corrected chi connectivity index (χ2v) is 7.62. The molecular formula is C15H21FN2O3S. The molecule has 22 heavy (non-hydrogen) atoms. The SMILES string of the molecule is CCN(C(=O)CCNc1ccccc1F)C1CCS(=O)(=O)C1. The fourth-order valence-corrected chi connectivity index (χ4v) is 4.44. The smallest absolute Gasteiger partial charge is 0.224 e. The van der Waals surface area contributed by atoms with Crippen molar-refractivity contribution in [2.24, 2.45) is 0 Å². The predicted molar refractivity (Wildman–Crippen MR) is 84.0 cm³/mol.